The summed E-state index contributed by atoms with van der Waals surface area (Å²) in [6.07, 6.45) is 4.56. The van der Waals surface area contributed by atoms with Crippen molar-refractivity contribution in [2.75, 3.05) is 0 Å². The number of nitrogens with zero attached hydrogens (tertiary/aromatic N) is 1. The second kappa shape index (κ2) is 5.71. The van der Waals surface area contributed by atoms with Crippen molar-refractivity contribution in [2.45, 2.75) is 32.7 Å². The Kier molecular flexibility index (Phi) is 4.56. The van der Waals surface area contributed by atoms with Gasteiger partial charge in [-0.25, -0.2) is 0 Å². The molecule has 0 saturated carbocycles. The van der Waals surface area contributed by atoms with E-state index in [0.29, 0.717) is 29.2 Å². The average Bonchev–Trinajstić information content (AvgIpc) is 2.56. The highest BCUT2D eigenvalue weighted by Gasteiger charge is 2.11. The molecule has 0 fully saturated rings. The zero-order valence-corrected chi connectivity index (χ0v) is 9.46. The van der Waals surface area contributed by atoms with Crippen LogP contribution in [0.3, 0.4) is 0 Å². The Morgan fingerprint density at radius 2 is 2.07 bits per heavy atom. The molecule has 1 rings (SSSR count). The van der Waals surface area contributed by atoms with E-state index in [2.05, 4.69) is 6.92 Å². The number of halogens is 1. The van der Waals surface area contributed by atoms with Crippen LogP contribution in [0.1, 0.15) is 47.0 Å². The van der Waals surface area contributed by atoms with Crippen molar-refractivity contribution in [2.24, 2.45) is 0 Å². The summed E-state index contributed by atoms with van der Waals surface area (Å²) in [4.78, 5) is 21.4. The number of hydrogen-bond acceptors (Lipinski definition) is 2. The largest absolute Gasteiger partial charge is 0.329 e. The number of carbonyl (C=O) groups excluding carboxylic acids is 2. The summed E-state index contributed by atoms with van der Waals surface area (Å²) < 4.78 is 1.69. The van der Waals surface area contributed by atoms with E-state index >= 15 is 0 Å². The minimum Gasteiger partial charge on any atom is -0.329 e. The van der Waals surface area contributed by atoms with Crippen molar-refractivity contribution in [3.63, 3.8) is 0 Å². The lowest BCUT2D eigenvalue weighted by atomic mass is 10.2. The van der Waals surface area contributed by atoms with E-state index in [-0.39, 0.29) is 0 Å². The Bertz CT molecular complexity index is 358. The van der Waals surface area contributed by atoms with Gasteiger partial charge in [0.1, 0.15) is 5.15 Å². The molecule has 0 saturated heterocycles. The highest BCUT2D eigenvalue weighted by Crippen LogP contribution is 2.20. The second-order valence-electron chi connectivity index (χ2n) is 3.41. The van der Waals surface area contributed by atoms with E-state index in [9.17, 15) is 9.59 Å². The van der Waals surface area contributed by atoms with Gasteiger partial charge in [0.2, 0.25) is 0 Å². The third-order valence-corrected chi connectivity index (χ3v) is 2.75. The summed E-state index contributed by atoms with van der Waals surface area (Å²) in [5.74, 6) is 0. The molecule has 0 atom stereocenters. The van der Waals surface area contributed by atoms with Crippen LogP contribution in [0.2, 0.25) is 5.15 Å². The molecule has 82 valence electrons. The lowest BCUT2D eigenvalue weighted by molar-refractivity contribution is 0.111. The van der Waals surface area contributed by atoms with Crippen molar-refractivity contribution in [3.8, 4) is 0 Å². The predicted octanol–water partition coefficient (Wildman–Crippen LogP) is 2.96. The van der Waals surface area contributed by atoms with E-state index in [0.717, 1.165) is 25.5 Å². The van der Waals surface area contributed by atoms with Crippen LogP contribution in [0, 0.1) is 0 Å². The van der Waals surface area contributed by atoms with Gasteiger partial charge in [-0.05, 0) is 12.5 Å². The van der Waals surface area contributed by atoms with E-state index in [1.165, 1.54) is 6.07 Å². The topological polar surface area (TPSA) is 39.1 Å². The normalized spacial score (nSPS) is 10.3. The van der Waals surface area contributed by atoms with Crippen LogP contribution in [0.4, 0.5) is 0 Å². The summed E-state index contributed by atoms with van der Waals surface area (Å²) >= 11 is 5.96. The fourth-order valence-corrected chi connectivity index (χ4v) is 1.77. The Hall–Kier alpha value is -1.09. The first-order valence-corrected chi connectivity index (χ1v) is 5.41. The number of hydrogen-bond donors (Lipinski definition) is 0. The molecule has 0 aliphatic rings. The van der Waals surface area contributed by atoms with Gasteiger partial charge in [0.15, 0.2) is 12.6 Å². The summed E-state index contributed by atoms with van der Waals surface area (Å²) in [5, 5.41) is 0.364. The van der Waals surface area contributed by atoms with E-state index in [1.807, 2.05) is 0 Å². The molecular formula is C11H14ClNO2. The van der Waals surface area contributed by atoms with E-state index < -0.39 is 0 Å². The fraction of sp³-hybridized carbons (Fsp3) is 0.455. The van der Waals surface area contributed by atoms with Gasteiger partial charge in [-0.3, -0.25) is 9.59 Å². The van der Waals surface area contributed by atoms with Gasteiger partial charge in [-0.15, -0.1) is 0 Å². The fourth-order valence-electron chi connectivity index (χ4n) is 1.49. The van der Waals surface area contributed by atoms with Crippen molar-refractivity contribution in [1.82, 2.24) is 4.57 Å². The Morgan fingerprint density at radius 1 is 1.33 bits per heavy atom. The third-order valence-electron chi connectivity index (χ3n) is 2.32. The molecule has 4 heteroatoms. The third kappa shape index (κ3) is 2.69. The smallest absolute Gasteiger partial charge is 0.166 e. The van der Waals surface area contributed by atoms with Crippen molar-refractivity contribution in [1.29, 1.82) is 0 Å². The first kappa shape index (κ1) is 12.0. The van der Waals surface area contributed by atoms with Crippen molar-refractivity contribution >= 4 is 24.2 Å². The zero-order valence-electron chi connectivity index (χ0n) is 8.70. The maximum absolute atomic E-state index is 10.7. The van der Waals surface area contributed by atoms with Gasteiger partial charge in [-0.1, -0.05) is 31.4 Å². The number of aldehydes is 2. The van der Waals surface area contributed by atoms with Crippen LogP contribution in [-0.2, 0) is 6.54 Å². The average molecular weight is 228 g/mol. The Labute approximate surface area is 94.0 Å². The van der Waals surface area contributed by atoms with Crippen LogP contribution >= 0.6 is 11.6 Å². The molecule has 0 unspecified atom stereocenters. The monoisotopic (exact) mass is 227 g/mol. The maximum atomic E-state index is 10.7. The Morgan fingerprint density at radius 3 is 2.60 bits per heavy atom. The number of carbonyl (C=O) groups is 2. The molecule has 0 aromatic carbocycles. The molecule has 1 aromatic rings. The minimum atomic E-state index is 0.364. The van der Waals surface area contributed by atoms with Gasteiger partial charge in [0.25, 0.3) is 0 Å². The van der Waals surface area contributed by atoms with Crippen molar-refractivity contribution < 1.29 is 9.59 Å². The van der Waals surface area contributed by atoms with Crippen molar-refractivity contribution in [3.05, 3.63) is 22.5 Å². The highest BCUT2D eigenvalue weighted by atomic mass is 35.5. The molecule has 1 heterocycles. The van der Waals surface area contributed by atoms with Gasteiger partial charge in [0, 0.05) is 6.54 Å². The second-order valence-corrected chi connectivity index (χ2v) is 3.77. The Balaban J connectivity index is 2.88. The molecule has 0 amide bonds. The highest BCUT2D eigenvalue weighted by molar-refractivity contribution is 6.32. The molecule has 15 heavy (non-hydrogen) atoms. The van der Waals surface area contributed by atoms with Gasteiger partial charge < -0.3 is 4.57 Å². The van der Waals surface area contributed by atoms with Gasteiger partial charge in [-0.2, -0.15) is 0 Å². The van der Waals surface area contributed by atoms with Gasteiger partial charge in [0.05, 0.1) is 11.3 Å². The first-order chi connectivity index (χ1) is 7.24. The van der Waals surface area contributed by atoms with Crippen LogP contribution < -0.4 is 0 Å². The summed E-state index contributed by atoms with van der Waals surface area (Å²) in [6.45, 7) is 2.79. The van der Waals surface area contributed by atoms with Crippen LogP contribution in [-0.4, -0.2) is 17.1 Å². The standard InChI is InChI=1S/C11H14ClNO2/c1-2-3-4-5-13-10(8-15)6-9(7-14)11(13)12/h6-8H,2-5H2,1H3. The SMILES string of the molecule is CCCCCn1c(C=O)cc(C=O)c1Cl. The summed E-state index contributed by atoms with van der Waals surface area (Å²) in [5.41, 5.74) is 0.855. The van der Waals surface area contributed by atoms with E-state index in [1.54, 1.807) is 4.57 Å². The lowest BCUT2D eigenvalue weighted by Gasteiger charge is -2.06. The summed E-state index contributed by atoms with van der Waals surface area (Å²) in [7, 11) is 0. The van der Waals surface area contributed by atoms with Crippen LogP contribution in [0.5, 0.6) is 0 Å². The quantitative estimate of drug-likeness (QED) is 0.554. The molecule has 3 nitrogen and oxygen atoms in total. The predicted molar refractivity (Wildman–Crippen MR) is 59.7 cm³/mol. The molecule has 0 N–H and O–H groups in total. The number of unbranched alkanes of at least 4 members (excludes halogenated alkanes) is 2. The molecule has 0 bridgehead atoms. The molecule has 0 aliphatic carbocycles. The molecule has 0 aliphatic heterocycles. The number of aromatic nitrogens is 1. The van der Waals surface area contributed by atoms with Crippen LogP contribution in [0.15, 0.2) is 6.07 Å². The molecular weight excluding hydrogens is 214 g/mol. The minimum absolute atomic E-state index is 0.364. The first-order valence-electron chi connectivity index (χ1n) is 5.04. The zero-order chi connectivity index (χ0) is 11.3. The molecule has 1 aromatic heterocycles. The summed E-state index contributed by atoms with van der Waals surface area (Å²) in [6, 6.07) is 1.52. The van der Waals surface area contributed by atoms with E-state index in [4.69, 9.17) is 11.6 Å². The molecule has 0 radical (unpaired) electrons. The molecule has 0 spiro atoms. The number of rotatable bonds is 6. The van der Waals surface area contributed by atoms with Gasteiger partial charge >= 0.3 is 0 Å². The van der Waals surface area contributed by atoms with Crippen LogP contribution in [0.25, 0.3) is 0 Å². The lowest BCUT2D eigenvalue weighted by Crippen LogP contribution is -2.02. The maximum Gasteiger partial charge on any atom is 0.166 e.